The van der Waals surface area contributed by atoms with Gasteiger partial charge in [-0.25, -0.2) is 0 Å². The van der Waals surface area contributed by atoms with Crippen molar-refractivity contribution in [3.05, 3.63) is 71.8 Å². The van der Waals surface area contributed by atoms with Gasteiger partial charge in [-0.1, -0.05) is 60.7 Å². The Morgan fingerprint density at radius 3 is 2.05 bits per heavy atom. The molecule has 0 amide bonds. The van der Waals surface area contributed by atoms with Crippen molar-refractivity contribution in [2.24, 2.45) is 5.92 Å². The van der Waals surface area contributed by atoms with E-state index in [-0.39, 0.29) is 5.60 Å². The number of rotatable bonds is 4. The molecule has 0 saturated carbocycles. The second-order valence-corrected chi connectivity index (χ2v) is 5.36. The molecule has 0 bridgehead atoms. The second-order valence-electron chi connectivity index (χ2n) is 5.36. The summed E-state index contributed by atoms with van der Waals surface area (Å²) in [5.74, 6) is 0.456. The zero-order valence-corrected chi connectivity index (χ0v) is 11.9. The van der Waals surface area contributed by atoms with Crippen molar-refractivity contribution in [3.63, 3.8) is 0 Å². The molecule has 1 aliphatic rings. The second kappa shape index (κ2) is 5.78. The molecule has 2 aromatic rings. The van der Waals surface area contributed by atoms with Gasteiger partial charge in [0.15, 0.2) is 0 Å². The summed E-state index contributed by atoms with van der Waals surface area (Å²) >= 11 is 0. The van der Waals surface area contributed by atoms with Gasteiger partial charge in [-0.3, -0.25) is 0 Å². The maximum atomic E-state index is 6.34. The fraction of sp³-hybridized carbons (Fsp3) is 0.333. The van der Waals surface area contributed by atoms with Gasteiger partial charge >= 0.3 is 0 Å². The van der Waals surface area contributed by atoms with Gasteiger partial charge in [-0.15, -0.1) is 0 Å². The van der Waals surface area contributed by atoms with Gasteiger partial charge < -0.3 is 10.1 Å². The number of benzene rings is 2. The highest BCUT2D eigenvalue weighted by molar-refractivity contribution is 5.38. The third kappa shape index (κ3) is 2.15. The molecule has 2 aromatic carbocycles. The molecule has 1 N–H and O–H groups in total. The van der Waals surface area contributed by atoms with Gasteiger partial charge in [0.05, 0.1) is 0 Å². The molecule has 104 valence electrons. The SMILES string of the molecule is CNCC1CCOC1(c1ccccc1)c1ccccc1. The van der Waals surface area contributed by atoms with Crippen LogP contribution in [0.25, 0.3) is 0 Å². The molecule has 1 aliphatic heterocycles. The highest BCUT2D eigenvalue weighted by Gasteiger charge is 2.46. The van der Waals surface area contributed by atoms with E-state index in [2.05, 4.69) is 66.0 Å². The minimum absolute atomic E-state index is 0.314. The molecule has 0 radical (unpaired) electrons. The Balaban J connectivity index is 2.13. The monoisotopic (exact) mass is 267 g/mol. The van der Waals surface area contributed by atoms with Crippen molar-refractivity contribution < 1.29 is 4.74 Å². The lowest BCUT2D eigenvalue weighted by Gasteiger charge is -2.35. The van der Waals surface area contributed by atoms with E-state index < -0.39 is 0 Å². The van der Waals surface area contributed by atoms with Crippen LogP contribution in [0.3, 0.4) is 0 Å². The molecule has 1 atom stereocenters. The van der Waals surface area contributed by atoms with Crippen molar-refractivity contribution in [1.29, 1.82) is 0 Å². The van der Waals surface area contributed by atoms with E-state index in [0.29, 0.717) is 5.92 Å². The Labute approximate surface area is 120 Å². The Hall–Kier alpha value is -1.64. The van der Waals surface area contributed by atoms with Crippen LogP contribution in [0, 0.1) is 5.92 Å². The van der Waals surface area contributed by atoms with E-state index in [4.69, 9.17) is 4.74 Å². The van der Waals surface area contributed by atoms with E-state index in [1.54, 1.807) is 0 Å². The molecule has 1 saturated heterocycles. The van der Waals surface area contributed by atoms with Crippen molar-refractivity contribution in [2.75, 3.05) is 20.2 Å². The number of hydrogen-bond donors (Lipinski definition) is 1. The highest BCUT2D eigenvalue weighted by atomic mass is 16.5. The van der Waals surface area contributed by atoms with Crippen LogP contribution in [0.4, 0.5) is 0 Å². The van der Waals surface area contributed by atoms with Crippen LogP contribution in [0.5, 0.6) is 0 Å². The van der Waals surface area contributed by atoms with Gasteiger partial charge in [0.25, 0.3) is 0 Å². The normalized spacial score (nSPS) is 20.9. The topological polar surface area (TPSA) is 21.3 Å². The quantitative estimate of drug-likeness (QED) is 0.918. The van der Waals surface area contributed by atoms with E-state index in [1.807, 2.05) is 7.05 Å². The summed E-state index contributed by atoms with van der Waals surface area (Å²) in [5, 5.41) is 3.32. The minimum Gasteiger partial charge on any atom is -0.365 e. The first-order valence-electron chi connectivity index (χ1n) is 7.27. The van der Waals surface area contributed by atoms with Gasteiger partial charge in [0.1, 0.15) is 5.60 Å². The average Bonchev–Trinajstić information content (AvgIpc) is 2.94. The molecule has 3 rings (SSSR count). The maximum absolute atomic E-state index is 6.34. The predicted octanol–water partition coefficient (Wildman–Crippen LogP) is 3.19. The fourth-order valence-electron chi connectivity index (χ4n) is 3.35. The molecule has 1 fully saturated rings. The van der Waals surface area contributed by atoms with E-state index >= 15 is 0 Å². The van der Waals surface area contributed by atoms with Crippen LogP contribution >= 0.6 is 0 Å². The van der Waals surface area contributed by atoms with E-state index in [0.717, 1.165) is 19.6 Å². The summed E-state index contributed by atoms with van der Waals surface area (Å²) in [6.45, 7) is 1.78. The summed E-state index contributed by atoms with van der Waals surface area (Å²) in [5.41, 5.74) is 2.19. The number of nitrogens with one attached hydrogen (secondary N) is 1. The molecule has 0 aromatic heterocycles. The van der Waals surface area contributed by atoms with Gasteiger partial charge in [-0.2, -0.15) is 0 Å². The van der Waals surface area contributed by atoms with Crippen molar-refractivity contribution in [3.8, 4) is 0 Å². The van der Waals surface area contributed by atoms with Gasteiger partial charge in [0, 0.05) is 19.1 Å². The lowest BCUT2D eigenvalue weighted by molar-refractivity contribution is 0.0105. The largest absolute Gasteiger partial charge is 0.365 e. The third-order valence-corrected chi connectivity index (χ3v) is 4.23. The maximum Gasteiger partial charge on any atom is 0.122 e. The Morgan fingerprint density at radius 2 is 1.55 bits per heavy atom. The Morgan fingerprint density at radius 1 is 1.00 bits per heavy atom. The van der Waals surface area contributed by atoms with Crippen LogP contribution in [0.15, 0.2) is 60.7 Å². The predicted molar refractivity (Wildman–Crippen MR) is 81.6 cm³/mol. The molecule has 1 heterocycles. The molecule has 1 unspecified atom stereocenters. The molecule has 20 heavy (non-hydrogen) atoms. The summed E-state index contributed by atoms with van der Waals surface area (Å²) in [6.07, 6.45) is 1.09. The zero-order chi connectivity index (χ0) is 13.8. The third-order valence-electron chi connectivity index (χ3n) is 4.23. The summed E-state index contributed by atoms with van der Waals surface area (Å²) in [4.78, 5) is 0. The van der Waals surface area contributed by atoms with Crippen LogP contribution in [0.2, 0.25) is 0 Å². The molecular weight excluding hydrogens is 246 g/mol. The standard InChI is InChI=1S/C18H21NO/c1-19-14-17-12-13-20-18(17,15-8-4-2-5-9-15)16-10-6-3-7-11-16/h2-11,17,19H,12-14H2,1H3. The zero-order valence-electron chi connectivity index (χ0n) is 11.9. The van der Waals surface area contributed by atoms with Crippen LogP contribution in [-0.2, 0) is 10.3 Å². The number of ether oxygens (including phenoxy) is 1. The van der Waals surface area contributed by atoms with Gasteiger partial charge in [0.2, 0.25) is 0 Å². The Kier molecular flexibility index (Phi) is 3.86. The summed E-state index contributed by atoms with van der Waals surface area (Å²) < 4.78 is 6.34. The van der Waals surface area contributed by atoms with Crippen molar-refractivity contribution >= 4 is 0 Å². The molecular formula is C18H21NO. The van der Waals surface area contributed by atoms with E-state index in [9.17, 15) is 0 Å². The minimum atomic E-state index is -0.314. The van der Waals surface area contributed by atoms with E-state index in [1.165, 1.54) is 11.1 Å². The van der Waals surface area contributed by atoms with Crippen molar-refractivity contribution in [1.82, 2.24) is 5.32 Å². The Bertz CT molecular complexity index is 498. The first kappa shape index (κ1) is 13.3. The molecule has 0 aliphatic carbocycles. The lowest BCUT2D eigenvalue weighted by atomic mass is 9.76. The molecule has 2 nitrogen and oxygen atoms in total. The smallest absolute Gasteiger partial charge is 0.122 e. The van der Waals surface area contributed by atoms with Crippen LogP contribution < -0.4 is 5.32 Å². The summed E-state index contributed by atoms with van der Waals surface area (Å²) in [7, 11) is 2.01. The van der Waals surface area contributed by atoms with Gasteiger partial charge in [-0.05, 0) is 24.6 Å². The summed E-state index contributed by atoms with van der Waals surface area (Å²) in [6, 6.07) is 21.2. The molecule has 2 heteroatoms. The molecule has 0 spiro atoms. The highest BCUT2D eigenvalue weighted by Crippen LogP contribution is 2.46. The number of hydrogen-bond acceptors (Lipinski definition) is 2. The van der Waals surface area contributed by atoms with Crippen molar-refractivity contribution in [2.45, 2.75) is 12.0 Å². The van der Waals surface area contributed by atoms with Crippen LogP contribution in [-0.4, -0.2) is 20.2 Å². The fourth-order valence-corrected chi connectivity index (χ4v) is 3.35. The average molecular weight is 267 g/mol. The first-order chi connectivity index (χ1) is 9.88. The van der Waals surface area contributed by atoms with Crippen LogP contribution in [0.1, 0.15) is 17.5 Å². The lowest BCUT2D eigenvalue weighted by Crippen LogP contribution is -2.38. The first-order valence-corrected chi connectivity index (χ1v) is 7.27.